The standard InChI is InChI=1S/C11H7N5O4S/c12-3-6-8(16(19)20)1-2-9(14-6)13-4-10-15-7(5-21-10)11(17)18/h1-2,5H,4H2,(H,13,14)(H,17,18). The lowest BCUT2D eigenvalue weighted by Gasteiger charge is -2.03. The van der Waals surface area contributed by atoms with Gasteiger partial charge < -0.3 is 10.4 Å². The van der Waals surface area contributed by atoms with Crippen molar-refractivity contribution < 1.29 is 14.8 Å². The summed E-state index contributed by atoms with van der Waals surface area (Å²) in [6.45, 7) is 0.202. The number of hydrogen-bond donors (Lipinski definition) is 2. The minimum atomic E-state index is -1.11. The van der Waals surface area contributed by atoms with Gasteiger partial charge in [-0.3, -0.25) is 10.1 Å². The zero-order valence-electron chi connectivity index (χ0n) is 10.3. The molecule has 0 radical (unpaired) electrons. The number of anilines is 1. The van der Waals surface area contributed by atoms with Gasteiger partial charge in [0.25, 0.3) is 0 Å². The molecule has 0 aliphatic rings. The van der Waals surface area contributed by atoms with Crippen LogP contribution in [0, 0.1) is 21.4 Å². The van der Waals surface area contributed by atoms with E-state index < -0.39 is 10.9 Å². The molecule has 21 heavy (non-hydrogen) atoms. The highest BCUT2D eigenvalue weighted by atomic mass is 32.1. The summed E-state index contributed by atoms with van der Waals surface area (Å²) in [5, 5.41) is 33.0. The number of nitro groups is 1. The second-order valence-electron chi connectivity index (χ2n) is 3.72. The fraction of sp³-hybridized carbons (Fsp3) is 0.0909. The first kappa shape index (κ1) is 14.4. The third kappa shape index (κ3) is 3.28. The molecule has 0 saturated carbocycles. The van der Waals surface area contributed by atoms with Gasteiger partial charge in [-0.25, -0.2) is 14.8 Å². The van der Waals surface area contributed by atoms with Gasteiger partial charge in [0.05, 0.1) is 11.5 Å². The minimum absolute atomic E-state index is 0.0498. The number of rotatable bonds is 5. The Kier molecular flexibility index (Phi) is 4.05. The second-order valence-corrected chi connectivity index (χ2v) is 4.66. The van der Waals surface area contributed by atoms with E-state index in [2.05, 4.69) is 15.3 Å². The maximum absolute atomic E-state index is 10.7. The van der Waals surface area contributed by atoms with Crippen LogP contribution in [0.25, 0.3) is 0 Å². The van der Waals surface area contributed by atoms with Crippen molar-refractivity contribution in [1.82, 2.24) is 9.97 Å². The van der Waals surface area contributed by atoms with Gasteiger partial charge >= 0.3 is 11.7 Å². The van der Waals surface area contributed by atoms with Gasteiger partial charge in [-0.1, -0.05) is 0 Å². The van der Waals surface area contributed by atoms with E-state index in [1.54, 1.807) is 6.07 Å². The molecular weight excluding hydrogens is 298 g/mol. The maximum Gasteiger partial charge on any atom is 0.355 e. The molecule has 0 unspecified atom stereocenters. The molecule has 10 heteroatoms. The van der Waals surface area contributed by atoms with E-state index in [9.17, 15) is 14.9 Å². The van der Waals surface area contributed by atoms with E-state index >= 15 is 0 Å². The molecule has 0 bridgehead atoms. The summed E-state index contributed by atoms with van der Waals surface area (Å²) >= 11 is 1.16. The molecule has 9 nitrogen and oxygen atoms in total. The molecule has 0 atom stereocenters. The van der Waals surface area contributed by atoms with Gasteiger partial charge in [-0.15, -0.1) is 11.3 Å². The molecule has 2 aromatic heterocycles. The Bertz CT molecular complexity index is 751. The van der Waals surface area contributed by atoms with Gasteiger partial charge in [-0.05, 0) is 6.07 Å². The van der Waals surface area contributed by atoms with E-state index in [0.29, 0.717) is 5.01 Å². The molecule has 2 N–H and O–H groups in total. The highest BCUT2D eigenvalue weighted by Gasteiger charge is 2.15. The van der Waals surface area contributed by atoms with Crippen LogP contribution in [-0.2, 0) is 6.54 Å². The summed E-state index contributed by atoms with van der Waals surface area (Å²) in [6, 6.07) is 4.20. The van der Waals surface area contributed by atoms with Crippen LogP contribution >= 0.6 is 11.3 Å². The van der Waals surface area contributed by atoms with Gasteiger partial charge in [0.1, 0.15) is 16.9 Å². The average Bonchev–Trinajstić information content (AvgIpc) is 2.93. The number of nitriles is 1. The molecule has 0 fully saturated rings. The SMILES string of the molecule is N#Cc1nc(NCc2nc(C(=O)O)cs2)ccc1[N+](=O)[O-]. The zero-order chi connectivity index (χ0) is 15.4. The van der Waals surface area contributed by atoms with E-state index in [4.69, 9.17) is 10.4 Å². The minimum Gasteiger partial charge on any atom is -0.476 e. The van der Waals surface area contributed by atoms with Crippen molar-refractivity contribution in [2.24, 2.45) is 0 Å². The Morgan fingerprint density at radius 2 is 2.29 bits per heavy atom. The van der Waals surface area contributed by atoms with Crippen LogP contribution < -0.4 is 5.32 Å². The molecule has 2 rings (SSSR count). The second kappa shape index (κ2) is 5.93. The summed E-state index contributed by atoms with van der Waals surface area (Å²) in [5.41, 5.74) is -0.716. The monoisotopic (exact) mass is 305 g/mol. The Hall–Kier alpha value is -3.06. The molecule has 0 saturated heterocycles. The fourth-order valence-electron chi connectivity index (χ4n) is 1.44. The molecule has 0 aliphatic heterocycles. The molecule has 2 heterocycles. The predicted octanol–water partition coefficient (Wildman–Crippen LogP) is 1.63. The number of nitrogens with zero attached hydrogens (tertiary/aromatic N) is 4. The van der Waals surface area contributed by atoms with Crippen molar-refractivity contribution in [3.8, 4) is 6.07 Å². The third-order valence-electron chi connectivity index (χ3n) is 2.37. The number of carboxylic acids is 1. The van der Waals surface area contributed by atoms with Crippen LogP contribution in [0.4, 0.5) is 11.5 Å². The van der Waals surface area contributed by atoms with Gasteiger partial charge in [0, 0.05) is 11.4 Å². The first-order valence-corrected chi connectivity index (χ1v) is 6.36. The van der Waals surface area contributed by atoms with E-state index in [0.717, 1.165) is 11.3 Å². The highest BCUT2D eigenvalue weighted by Crippen LogP contribution is 2.19. The average molecular weight is 305 g/mol. The van der Waals surface area contributed by atoms with E-state index in [1.165, 1.54) is 17.5 Å². The first-order valence-electron chi connectivity index (χ1n) is 5.48. The number of aromatic carboxylic acids is 1. The molecule has 2 aromatic rings. The number of carbonyl (C=O) groups is 1. The number of thiazole rings is 1. The highest BCUT2D eigenvalue weighted by molar-refractivity contribution is 7.09. The Labute approximate surface area is 121 Å². The lowest BCUT2D eigenvalue weighted by Crippen LogP contribution is -2.04. The van der Waals surface area contributed by atoms with Crippen LogP contribution in [0.3, 0.4) is 0 Å². The molecule has 0 amide bonds. The van der Waals surface area contributed by atoms with Gasteiger partial charge in [-0.2, -0.15) is 5.26 Å². The molecule has 0 spiro atoms. The Balaban J connectivity index is 2.11. The van der Waals surface area contributed by atoms with Gasteiger partial charge in [0.2, 0.25) is 5.69 Å². The number of carboxylic acid groups (broad SMARTS) is 1. The Morgan fingerprint density at radius 1 is 1.52 bits per heavy atom. The van der Waals surface area contributed by atoms with Gasteiger partial charge in [0.15, 0.2) is 5.69 Å². The summed E-state index contributed by atoms with van der Waals surface area (Å²) < 4.78 is 0. The molecule has 0 aromatic carbocycles. The van der Waals surface area contributed by atoms with Crippen molar-refractivity contribution in [3.05, 3.63) is 44.0 Å². The van der Waals surface area contributed by atoms with Crippen molar-refractivity contribution in [2.75, 3.05) is 5.32 Å². The number of pyridine rings is 1. The quantitative estimate of drug-likeness (QED) is 0.626. The third-order valence-corrected chi connectivity index (χ3v) is 3.22. The maximum atomic E-state index is 10.7. The molecule has 106 valence electrons. The topological polar surface area (TPSA) is 142 Å². The first-order chi connectivity index (χ1) is 10.0. The summed E-state index contributed by atoms with van der Waals surface area (Å²) in [4.78, 5) is 28.4. The van der Waals surface area contributed by atoms with Crippen molar-refractivity contribution in [2.45, 2.75) is 6.54 Å². The Morgan fingerprint density at radius 3 is 2.86 bits per heavy atom. The summed E-state index contributed by atoms with van der Waals surface area (Å²) in [5.74, 6) is -0.845. The normalized spacial score (nSPS) is 9.86. The van der Waals surface area contributed by atoms with E-state index in [1.807, 2.05) is 0 Å². The number of hydrogen-bond acceptors (Lipinski definition) is 8. The lowest BCUT2D eigenvalue weighted by atomic mass is 10.3. The number of nitrogens with one attached hydrogen (secondary N) is 1. The van der Waals surface area contributed by atoms with Crippen LogP contribution in [0.15, 0.2) is 17.5 Å². The van der Waals surface area contributed by atoms with Crippen LogP contribution in [0.2, 0.25) is 0 Å². The van der Waals surface area contributed by atoms with Crippen LogP contribution in [0.5, 0.6) is 0 Å². The molecule has 0 aliphatic carbocycles. The zero-order valence-corrected chi connectivity index (χ0v) is 11.1. The van der Waals surface area contributed by atoms with Crippen molar-refractivity contribution in [1.29, 1.82) is 5.26 Å². The summed E-state index contributed by atoms with van der Waals surface area (Å²) in [7, 11) is 0. The largest absolute Gasteiger partial charge is 0.476 e. The summed E-state index contributed by atoms with van der Waals surface area (Å²) in [6.07, 6.45) is 0. The van der Waals surface area contributed by atoms with Crippen molar-refractivity contribution >= 4 is 28.8 Å². The van der Waals surface area contributed by atoms with E-state index in [-0.39, 0.29) is 29.4 Å². The predicted molar refractivity (Wildman–Crippen MR) is 72.0 cm³/mol. The number of aromatic nitrogens is 2. The fourth-order valence-corrected chi connectivity index (χ4v) is 2.14. The smallest absolute Gasteiger partial charge is 0.355 e. The van der Waals surface area contributed by atoms with Crippen molar-refractivity contribution in [3.63, 3.8) is 0 Å². The molecular formula is C11H7N5O4S. The van der Waals surface area contributed by atoms with Crippen LogP contribution in [0.1, 0.15) is 21.2 Å². The van der Waals surface area contributed by atoms with Crippen LogP contribution in [-0.4, -0.2) is 26.0 Å². The lowest BCUT2D eigenvalue weighted by molar-refractivity contribution is -0.385.